The molecule has 0 saturated heterocycles. The Kier molecular flexibility index (Phi) is 3.69. The molecule has 0 fully saturated rings. The number of hydrogen-bond acceptors (Lipinski definition) is 1. The first-order valence-corrected chi connectivity index (χ1v) is 16.7. The topological polar surface area (TPSA) is 13.1 Å². The normalized spacial score (nSPS) is 16.8. The molecule has 11 aromatic rings. The van der Waals surface area contributed by atoms with Crippen LogP contribution in [0.15, 0.2) is 198 Å². The Hall–Kier alpha value is -6.96. The molecule has 1 aromatic heterocycles. The number of fused-ring (bicyclic) bond motifs is 7. The zero-order valence-electron chi connectivity index (χ0n) is 46.4. The second-order valence-corrected chi connectivity index (χ2v) is 12.5. The number of benzene rings is 10. The van der Waals surface area contributed by atoms with Crippen LogP contribution in [0.4, 0.5) is 0 Å². The van der Waals surface area contributed by atoms with E-state index in [0.717, 1.165) is 27.3 Å². The van der Waals surface area contributed by atoms with E-state index in [4.69, 9.17) is 16.8 Å². The van der Waals surface area contributed by atoms with E-state index in [9.17, 15) is 13.7 Å². The van der Waals surface area contributed by atoms with E-state index in [-0.39, 0.29) is 16.7 Å². The molecule has 246 valence electrons. The molecule has 0 atom stereocenters. The third-order valence-corrected chi connectivity index (χ3v) is 9.62. The van der Waals surface area contributed by atoms with Gasteiger partial charge in [-0.25, -0.2) is 0 Å². The van der Waals surface area contributed by atoms with Crippen molar-refractivity contribution in [1.82, 2.24) is 0 Å². The number of para-hydroxylation sites is 1. The molecule has 0 aliphatic heterocycles. The Morgan fingerprint density at radius 1 is 0.358 bits per heavy atom. The molecule has 10 aromatic carbocycles. The summed E-state index contributed by atoms with van der Waals surface area (Å²) < 4.78 is 179. The summed E-state index contributed by atoms with van der Waals surface area (Å²) in [4.78, 5) is 0. The van der Waals surface area contributed by atoms with Crippen molar-refractivity contribution in [3.8, 4) is 44.5 Å². The van der Waals surface area contributed by atoms with Gasteiger partial charge in [-0.05, 0) is 106 Å². The van der Waals surface area contributed by atoms with E-state index in [2.05, 4.69) is 0 Å². The Morgan fingerprint density at radius 2 is 0.943 bits per heavy atom. The predicted molar refractivity (Wildman–Crippen MR) is 225 cm³/mol. The molecular formula is C52H32O. The standard InChI is InChI=1S/C52H32O/c1-2-13-34(14-3-1)50-44-17-6-8-19-46(44)51(47-20-9-7-18-45(47)50)39-27-25-35-30-37(26-24-36(35)31-39)42-22-11-23-48-43-29-28-38(32-49(43)53-52(42)48)41-21-10-15-33-12-4-5-16-40(33)41/h1-32H/i1D,2D,3D,6D,7D,8D,9D,13D,14D,17D,18D,19D,20D,24D,25D,26D,27D,30D,31D. The molecule has 1 heteroatoms. The lowest BCUT2D eigenvalue weighted by Gasteiger charge is -2.18. The van der Waals surface area contributed by atoms with Gasteiger partial charge >= 0.3 is 0 Å². The molecule has 11 rings (SSSR count). The molecule has 0 unspecified atom stereocenters. The van der Waals surface area contributed by atoms with Crippen LogP contribution in [-0.4, -0.2) is 0 Å². The molecular weight excluding hydrogens is 641 g/mol. The largest absolute Gasteiger partial charge is 0.455 e. The lowest BCUT2D eigenvalue weighted by atomic mass is 9.85. The van der Waals surface area contributed by atoms with Crippen molar-refractivity contribution >= 4 is 65.0 Å². The van der Waals surface area contributed by atoms with Crippen LogP contribution in [0, 0.1) is 0 Å². The minimum atomic E-state index is -0.872. The van der Waals surface area contributed by atoms with Crippen molar-refractivity contribution in [1.29, 1.82) is 0 Å². The van der Waals surface area contributed by atoms with Crippen LogP contribution in [-0.2, 0) is 0 Å². The summed E-state index contributed by atoms with van der Waals surface area (Å²) in [6.07, 6.45) is 0. The number of hydrogen-bond donors (Lipinski definition) is 0. The van der Waals surface area contributed by atoms with E-state index in [1.807, 2.05) is 66.7 Å². The molecule has 0 saturated carbocycles. The van der Waals surface area contributed by atoms with Gasteiger partial charge in [0, 0.05) is 16.3 Å². The SMILES string of the molecule is [2H]c1c([2H])c([2H])c(-c2c3c([2H])c([2H])c([2H])c([2H])c3c(-c3c([2H])c([2H])c4c([2H])c(-c5cccc6c5oc5cc(-c7cccc8ccccc78)ccc56)c([2H])c([2H])c4c3[2H])c3c([2H])c([2H])c([2H])c([2H])c23)c([2H])c1[2H]. The van der Waals surface area contributed by atoms with Crippen molar-refractivity contribution in [2.75, 3.05) is 0 Å². The van der Waals surface area contributed by atoms with Gasteiger partial charge in [0.25, 0.3) is 0 Å². The molecule has 0 aliphatic carbocycles. The van der Waals surface area contributed by atoms with Gasteiger partial charge in [-0.2, -0.15) is 0 Å². The third kappa shape index (κ3) is 4.71. The maximum atomic E-state index is 9.80. The molecule has 0 bridgehead atoms. The number of furan rings is 1. The molecule has 1 nitrogen and oxygen atoms in total. The first kappa shape index (κ1) is 16.6. The average Bonchev–Trinajstić information content (AvgIpc) is 3.76. The summed E-state index contributed by atoms with van der Waals surface area (Å²) in [6, 6.07) is 9.58. The fourth-order valence-electron chi connectivity index (χ4n) is 7.27. The summed E-state index contributed by atoms with van der Waals surface area (Å²) in [6.45, 7) is 0. The van der Waals surface area contributed by atoms with E-state index in [1.54, 1.807) is 12.1 Å². The highest BCUT2D eigenvalue weighted by molar-refractivity contribution is 6.22. The minimum absolute atomic E-state index is 0.145. The molecule has 1 heterocycles. The molecule has 0 N–H and O–H groups in total. The summed E-state index contributed by atoms with van der Waals surface area (Å²) in [5.74, 6) is 0. The van der Waals surface area contributed by atoms with E-state index >= 15 is 0 Å². The first-order chi connectivity index (χ1) is 34.2. The van der Waals surface area contributed by atoms with Crippen molar-refractivity contribution < 1.29 is 30.5 Å². The fourth-order valence-corrected chi connectivity index (χ4v) is 7.27. The van der Waals surface area contributed by atoms with Gasteiger partial charge in [0.2, 0.25) is 0 Å². The van der Waals surface area contributed by atoms with Crippen molar-refractivity contribution in [3.63, 3.8) is 0 Å². The zero-order valence-corrected chi connectivity index (χ0v) is 27.4. The Balaban J connectivity index is 1.24. The second-order valence-electron chi connectivity index (χ2n) is 12.5. The van der Waals surface area contributed by atoms with Crippen LogP contribution in [0.3, 0.4) is 0 Å². The molecule has 53 heavy (non-hydrogen) atoms. The van der Waals surface area contributed by atoms with E-state index < -0.39 is 169 Å². The van der Waals surface area contributed by atoms with Crippen molar-refractivity contribution in [2.45, 2.75) is 0 Å². The quantitative estimate of drug-likeness (QED) is 0.167. The third-order valence-electron chi connectivity index (χ3n) is 9.62. The maximum Gasteiger partial charge on any atom is 0.143 e. The smallest absolute Gasteiger partial charge is 0.143 e. The van der Waals surface area contributed by atoms with Gasteiger partial charge in [0.1, 0.15) is 11.2 Å². The van der Waals surface area contributed by atoms with Gasteiger partial charge in [0.15, 0.2) is 0 Å². The van der Waals surface area contributed by atoms with E-state index in [1.165, 1.54) is 0 Å². The van der Waals surface area contributed by atoms with Gasteiger partial charge in [0.05, 0.1) is 26.0 Å². The summed E-state index contributed by atoms with van der Waals surface area (Å²) in [5, 5.41) is 0.226. The van der Waals surface area contributed by atoms with Crippen molar-refractivity contribution in [2.24, 2.45) is 0 Å². The Morgan fingerprint density at radius 3 is 1.70 bits per heavy atom. The first-order valence-electron chi connectivity index (χ1n) is 26.2. The molecule has 0 spiro atoms. The van der Waals surface area contributed by atoms with E-state index in [0.29, 0.717) is 11.0 Å². The van der Waals surface area contributed by atoms with Crippen LogP contribution < -0.4 is 0 Å². The van der Waals surface area contributed by atoms with Gasteiger partial charge in [-0.1, -0.05) is 169 Å². The maximum absolute atomic E-state index is 9.80. The highest BCUT2D eigenvalue weighted by atomic mass is 16.3. The van der Waals surface area contributed by atoms with Gasteiger partial charge in [-0.15, -0.1) is 0 Å². The van der Waals surface area contributed by atoms with Crippen molar-refractivity contribution in [3.05, 3.63) is 194 Å². The molecule has 0 amide bonds. The number of rotatable bonds is 4. The van der Waals surface area contributed by atoms with Crippen LogP contribution >= 0.6 is 0 Å². The van der Waals surface area contributed by atoms with Crippen LogP contribution in [0.1, 0.15) is 26.0 Å². The predicted octanol–water partition coefficient (Wildman–Crippen LogP) is 14.9. The lowest BCUT2D eigenvalue weighted by Crippen LogP contribution is -1.90. The second kappa shape index (κ2) is 11.8. The lowest BCUT2D eigenvalue weighted by molar-refractivity contribution is 0.670. The zero-order chi connectivity index (χ0) is 51.4. The Labute approximate surface area is 333 Å². The van der Waals surface area contributed by atoms with Crippen LogP contribution in [0.25, 0.3) is 110 Å². The Bertz CT molecular complexity index is 4220. The average molecular weight is 692 g/mol. The van der Waals surface area contributed by atoms with Gasteiger partial charge < -0.3 is 4.42 Å². The minimum Gasteiger partial charge on any atom is -0.455 e. The molecule has 0 aliphatic rings. The summed E-state index contributed by atoms with van der Waals surface area (Å²) in [7, 11) is 0. The van der Waals surface area contributed by atoms with Crippen LogP contribution in [0.5, 0.6) is 0 Å². The fraction of sp³-hybridized carbons (Fsp3) is 0. The molecule has 0 radical (unpaired) electrons. The highest BCUT2D eigenvalue weighted by Gasteiger charge is 2.18. The summed E-state index contributed by atoms with van der Waals surface area (Å²) in [5.41, 5.74) is 0.235. The summed E-state index contributed by atoms with van der Waals surface area (Å²) >= 11 is 0. The van der Waals surface area contributed by atoms with Crippen LogP contribution in [0.2, 0.25) is 0 Å². The highest BCUT2D eigenvalue weighted by Crippen LogP contribution is 2.45. The van der Waals surface area contributed by atoms with Gasteiger partial charge in [-0.3, -0.25) is 0 Å². The monoisotopic (exact) mass is 691 g/mol.